The third-order valence-corrected chi connectivity index (χ3v) is 2.94. The molecule has 1 N–H and O–H groups in total. The fraction of sp³-hybridized carbons (Fsp3) is 0.600. The number of aryl methyl sites for hydroxylation is 1. The molecule has 90 valence electrons. The van der Waals surface area contributed by atoms with Crippen molar-refractivity contribution in [3.8, 4) is 0 Å². The van der Waals surface area contributed by atoms with Gasteiger partial charge in [-0.1, -0.05) is 11.8 Å². The van der Waals surface area contributed by atoms with Gasteiger partial charge in [0.15, 0.2) is 0 Å². The molecule has 0 saturated carbocycles. The highest BCUT2D eigenvalue weighted by atomic mass is 32.2. The normalized spacial score (nSPS) is 12.4. The van der Waals surface area contributed by atoms with Crippen molar-refractivity contribution in [2.75, 3.05) is 19.9 Å². The Morgan fingerprint density at radius 3 is 3.00 bits per heavy atom. The first-order chi connectivity index (χ1) is 7.67. The number of nitrogens with zero attached hydrogens (tertiary/aromatic N) is 1. The Morgan fingerprint density at radius 2 is 2.50 bits per heavy atom. The van der Waals surface area contributed by atoms with Crippen LogP contribution >= 0.6 is 11.8 Å². The molecule has 16 heavy (non-hydrogen) atoms. The summed E-state index contributed by atoms with van der Waals surface area (Å²) in [6.07, 6.45) is 2.29. The predicted octanol–water partition coefficient (Wildman–Crippen LogP) is 1.23. The van der Waals surface area contributed by atoms with Crippen molar-refractivity contribution < 1.29 is 13.9 Å². The first kappa shape index (κ1) is 13.1. The minimum Gasteiger partial charge on any atom is -0.468 e. The topological polar surface area (TPSA) is 64.4 Å². The van der Waals surface area contributed by atoms with Gasteiger partial charge in [0.05, 0.1) is 12.8 Å². The van der Waals surface area contributed by atoms with Crippen LogP contribution in [0.2, 0.25) is 0 Å². The molecule has 0 spiro atoms. The van der Waals surface area contributed by atoms with Crippen LogP contribution in [0, 0.1) is 6.92 Å². The van der Waals surface area contributed by atoms with Crippen molar-refractivity contribution in [3.05, 3.63) is 12.0 Å². The molecular formula is C10H16N2O3S. The highest BCUT2D eigenvalue weighted by Crippen LogP contribution is 2.18. The van der Waals surface area contributed by atoms with E-state index >= 15 is 0 Å². The molecule has 1 aromatic rings. The summed E-state index contributed by atoms with van der Waals surface area (Å²) in [6, 6.07) is -0.270. The van der Waals surface area contributed by atoms with Gasteiger partial charge in [-0.3, -0.25) is 4.79 Å². The van der Waals surface area contributed by atoms with E-state index in [2.05, 4.69) is 15.0 Å². The first-order valence-corrected chi connectivity index (χ1v) is 5.96. The standard InChI is InChI=1S/C10H16N2O3S/c1-7-6-15-10(12-7)16-5-4-8(11-2)9(13)14-3/h6,8,11H,4-5H2,1-3H3. The SMILES string of the molecule is CNC(CCSc1nc(C)co1)C(=O)OC. The minimum atomic E-state index is -0.270. The number of likely N-dealkylation sites (N-methyl/N-ethyl adjacent to an activating group) is 1. The van der Waals surface area contributed by atoms with E-state index in [9.17, 15) is 4.79 Å². The van der Waals surface area contributed by atoms with Crippen LogP contribution in [-0.2, 0) is 9.53 Å². The maximum Gasteiger partial charge on any atom is 0.322 e. The van der Waals surface area contributed by atoms with Gasteiger partial charge in [-0.15, -0.1) is 0 Å². The number of methoxy groups -OCH3 is 1. The number of esters is 1. The Bertz CT molecular complexity index is 341. The van der Waals surface area contributed by atoms with E-state index < -0.39 is 0 Å². The molecule has 1 rings (SSSR count). The van der Waals surface area contributed by atoms with Crippen molar-refractivity contribution in [2.24, 2.45) is 0 Å². The van der Waals surface area contributed by atoms with Crippen LogP contribution in [0.25, 0.3) is 0 Å². The third kappa shape index (κ3) is 3.86. The van der Waals surface area contributed by atoms with Crippen molar-refractivity contribution in [1.29, 1.82) is 0 Å². The van der Waals surface area contributed by atoms with Gasteiger partial charge in [0.25, 0.3) is 5.22 Å². The van der Waals surface area contributed by atoms with E-state index in [1.807, 2.05) is 6.92 Å². The van der Waals surface area contributed by atoms with E-state index in [0.29, 0.717) is 11.6 Å². The zero-order valence-electron chi connectivity index (χ0n) is 9.65. The molecule has 0 aliphatic heterocycles. The summed E-state index contributed by atoms with van der Waals surface area (Å²) in [6.45, 7) is 1.87. The van der Waals surface area contributed by atoms with E-state index in [1.54, 1.807) is 13.3 Å². The number of aromatic nitrogens is 1. The monoisotopic (exact) mass is 244 g/mol. The summed E-state index contributed by atoms with van der Waals surface area (Å²) in [5, 5.41) is 3.54. The molecule has 0 amide bonds. The van der Waals surface area contributed by atoms with Crippen molar-refractivity contribution in [3.63, 3.8) is 0 Å². The Labute approximate surface area is 98.9 Å². The van der Waals surface area contributed by atoms with Crippen LogP contribution in [0.5, 0.6) is 0 Å². The molecule has 5 nitrogen and oxygen atoms in total. The zero-order chi connectivity index (χ0) is 12.0. The van der Waals surface area contributed by atoms with Crippen LogP contribution in [0.4, 0.5) is 0 Å². The maximum absolute atomic E-state index is 11.3. The predicted molar refractivity (Wildman–Crippen MR) is 61.4 cm³/mol. The van der Waals surface area contributed by atoms with E-state index in [1.165, 1.54) is 18.9 Å². The first-order valence-electron chi connectivity index (χ1n) is 4.97. The number of thioether (sulfide) groups is 1. The number of oxazole rings is 1. The fourth-order valence-corrected chi connectivity index (χ4v) is 2.04. The Kier molecular flexibility index (Phi) is 5.34. The summed E-state index contributed by atoms with van der Waals surface area (Å²) >= 11 is 1.49. The van der Waals surface area contributed by atoms with E-state index in [4.69, 9.17) is 4.42 Å². The van der Waals surface area contributed by atoms with Gasteiger partial charge in [0.1, 0.15) is 12.3 Å². The summed E-state index contributed by atoms with van der Waals surface area (Å²) in [4.78, 5) is 15.4. The average Bonchev–Trinajstić information content (AvgIpc) is 2.69. The Hall–Kier alpha value is -1.01. The van der Waals surface area contributed by atoms with Crippen LogP contribution < -0.4 is 5.32 Å². The van der Waals surface area contributed by atoms with Gasteiger partial charge in [-0.2, -0.15) is 0 Å². The summed E-state index contributed by atoms with van der Waals surface area (Å²) in [5.74, 6) is 0.507. The number of nitrogens with one attached hydrogen (secondary N) is 1. The maximum atomic E-state index is 11.3. The van der Waals surface area contributed by atoms with Gasteiger partial charge in [-0.25, -0.2) is 4.98 Å². The number of ether oxygens (including phenoxy) is 1. The Balaban J connectivity index is 2.31. The largest absolute Gasteiger partial charge is 0.468 e. The smallest absolute Gasteiger partial charge is 0.322 e. The lowest BCUT2D eigenvalue weighted by molar-refractivity contribution is -0.143. The van der Waals surface area contributed by atoms with Gasteiger partial charge in [0.2, 0.25) is 0 Å². The lowest BCUT2D eigenvalue weighted by Gasteiger charge is -2.12. The molecule has 1 atom stereocenters. The molecule has 0 saturated heterocycles. The molecule has 6 heteroatoms. The van der Waals surface area contributed by atoms with Crippen molar-refractivity contribution in [2.45, 2.75) is 24.6 Å². The molecule has 1 unspecified atom stereocenters. The van der Waals surface area contributed by atoms with E-state index in [0.717, 1.165) is 11.4 Å². The highest BCUT2D eigenvalue weighted by Gasteiger charge is 2.16. The van der Waals surface area contributed by atoms with Crippen molar-refractivity contribution in [1.82, 2.24) is 10.3 Å². The van der Waals surface area contributed by atoms with Gasteiger partial charge >= 0.3 is 5.97 Å². The molecule has 0 aromatic carbocycles. The number of hydrogen-bond donors (Lipinski definition) is 1. The van der Waals surface area contributed by atoms with Crippen LogP contribution in [0.3, 0.4) is 0 Å². The molecular weight excluding hydrogens is 228 g/mol. The number of hydrogen-bond acceptors (Lipinski definition) is 6. The van der Waals surface area contributed by atoms with Crippen LogP contribution in [-0.4, -0.2) is 36.9 Å². The van der Waals surface area contributed by atoms with E-state index in [-0.39, 0.29) is 12.0 Å². The molecule has 1 aromatic heterocycles. The molecule has 0 aliphatic rings. The van der Waals surface area contributed by atoms with Crippen molar-refractivity contribution >= 4 is 17.7 Å². The second-order valence-electron chi connectivity index (χ2n) is 3.26. The molecule has 1 heterocycles. The molecule has 0 fully saturated rings. The molecule has 0 aliphatic carbocycles. The number of rotatable bonds is 6. The lowest BCUT2D eigenvalue weighted by atomic mass is 10.2. The van der Waals surface area contributed by atoms with Gasteiger partial charge in [-0.05, 0) is 20.4 Å². The van der Waals surface area contributed by atoms with Crippen LogP contribution in [0.15, 0.2) is 15.9 Å². The summed E-state index contributed by atoms with van der Waals surface area (Å²) in [5.41, 5.74) is 0.862. The van der Waals surface area contributed by atoms with Gasteiger partial charge < -0.3 is 14.5 Å². The van der Waals surface area contributed by atoms with Crippen LogP contribution in [0.1, 0.15) is 12.1 Å². The fourth-order valence-electron chi connectivity index (χ4n) is 1.19. The highest BCUT2D eigenvalue weighted by molar-refractivity contribution is 7.99. The second kappa shape index (κ2) is 6.55. The van der Waals surface area contributed by atoms with Gasteiger partial charge in [0, 0.05) is 5.75 Å². The molecule has 0 radical (unpaired) electrons. The number of carbonyl (C=O) groups is 1. The quantitative estimate of drug-likeness (QED) is 0.599. The average molecular weight is 244 g/mol. The third-order valence-electron chi connectivity index (χ3n) is 2.06. The minimum absolute atomic E-state index is 0.244. The summed E-state index contributed by atoms with van der Waals surface area (Å²) in [7, 11) is 3.12. The Morgan fingerprint density at radius 1 is 1.75 bits per heavy atom. The zero-order valence-corrected chi connectivity index (χ0v) is 10.5. The lowest BCUT2D eigenvalue weighted by Crippen LogP contribution is -2.35. The number of carbonyl (C=O) groups excluding carboxylic acids is 1. The summed E-state index contributed by atoms with van der Waals surface area (Å²) < 4.78 is 9.84. The molecule has 0 bridgehead atoms. The second-order valence-corrected chi connectivity index (χ2v) is 4.30.